The van der Waals surface area contributed by atoms with Crippen molar-refractivity contribution in [3.05, 3.63) is 65.3 Å². The summed E-state index contributed by atoms with van der Waals surface area (Å²) in [6, 6.07) is 13.4. The molecule has 1 aliphatic heterocycles. The van der Waals surface area contributed by atoms with Crippen LogP contribution in [-0.2, 0) is 0 Å². The van der Waals surface area contributed by atoms with Crippen molar-refractivity contribution in [1.82, 2.24) is 9.88 Å². The fraction of sp³-hybridized carbons (Fsp3) is 0.320. The van der Waals surface area contributed by atoms with Crippen LogP contribution in [-0.4, -0.2) is 35.1 Å². The Bertz CT molecular complexity index is 1100. The molecule has 162 valence electrons. The van der Waals surface area contributed by atoms with Crippen LogP contribution in [0.15, 0.2) is 54.7 Å². The molecule has 0 fully saturated rings. The Morgan fingerprint density at radius 2 is 2.03 bits per heavy atom. The normalized spacial score (nSPS) is 14.6. The first-order valence-corrected chi connectivity index (χ1v) is 11.2. The van der Waals surface area contributed by atoms with Gasteiger partial charge in [0.2, 0.25) is 0 Å². The number of aromatic amines is 1. The summed E-state index contributed by atoms with van der Waals surface area (Å²) in [5.74, 6) is 0.333. The number of hydrogen-bond acceptors (Lipinski definition) is 3. The zero-order chi connectivity index (χ0) is 21.8. The standard InChI is InChI=1S/C25H28ClN3O2/c1-3-19(4-2)29-13-11-17(12-14-29)21-16-27-23-10-9-18(15-20(21)23)28-25(30)31-24-8-6-5-7-22(24)26/h5-11,15-16,19,27H,3-4,12-14H2,1-2H3,(H,28,30). The van der Waals surface area contributed by atoms with Gasteiger partial charge in [-0.3, -0.25) is 10.2 Å². The molecule has 0 saturated carbocycles. The second-order valence-electron chi connectivity index (χ2n) is 7.85. The topological polar surface area (TPSA) is 57.4 Å². The van der Waals surface area contributed by atoms with Crippen molar-refractivity contribution in [3.8, 4) is 5.75 Å². The third-order valence-electron chi connectivity index (χ3n) is 6.01. The van der Waals surface area contributed by atoms with E-state index < -0.39 is 6.09 Å². The molecule has 31 heavy (non-hydrogen) atoms. The maximum Gasteiger partial charge on any atom is 0.417 e. The van der Waals surface area contributed by atoms with Gasteiger partial charge in [-0.2, -0.15) is 0 Å². The van der Waals surface area contributed by atoms with Crippen LogP contribution in [0.5, 0.6) is 5.75 Å². The molecule has 1 aromatic heterocycles. The molecule has 0 bridgehead atoms. The summed E-state index contributed by atoms with van der Waals surface area (Å²) in [5.41, 5.74) is 4.27. The Kier molecular flexibility index (Phi) is 6.64. The minimum atomic E-state index is -0.567. The minimum absolute atomic E-state index is 0.333. The number of anilines is 1. The van der Waals surface area contributed by atoms with Gasteiger partial charge in [-0.15, -0.1) is 0 Å². The number of ether oxygens (including phenoxy) is 1. The maximum absolute atomic E-state index is 12.3. The summed E-state index contributed by atoms with van der Waals surface area (Å²) in [4.78, 5) is 18.3. The van der Waals surface area contributed by atoms with Crippen LogP contribution in [0.3, 0.4) is 0 Å². The first kappa shape index (κ1) is 21.5. The third kappa shape index (κ3) is 4.78. The second kappa shape index (κ2) is 9.58. The molecule has 2 N–H and O–H groups in total. The maximum atomic E-state index is 12.3. The second-order valence-corrected chi connectivity index (χ2v) is 8.26. The molecule has 0 spiro atoms. The molecule has 0 radical (unpaired) electrons. The Hall–Kier alpha value is -2.76. The van der Waals surface area contributed by atoms with E-state index in [1.165, 1.54) is 24.0 Å². The number of rotatable bonds is 6. The van der Waals surface area contributed by atoms with Crippen molar-refractivity contribution in [1.29, 1.82) is 0 Å². The molecule has 0 atom stereocenters. The first-order valence-electron chi connectivity index (χ1n) is 10.9. The molecule has 3 aromatic rings. The smallest absolute Gasteiger partial charge is 0.409 e. The lowest BCUT2D eigenvalue weighted by Crippen LogP contribution is -2.37. The fourth-order valence-corrected chi connectivity index (χ4v) is 4.48. The Labute approximate surface area is 188 Å². The predicted molar refractivity (Wildman–Crippen MR) is 128 cm³/mol. The van der Waals surface area contributed by atoms with Gasteiger partial charge in [-0.1, -0.05) is 43.7 Å². The highest BCUT2D eigenvalue weighted by molar-refractivity contribution is 6.32. The monoisotopic (exact) mass is 437 g/mol. The van der Waals surface area contributed by atoms with Crippen LogP contribution in [0.2, 0.25) is 5.02 Å². The van der Waals surface area contributed by atoms with Gasteiger partial charge in [0, 0.05) is 47.5 Å². The van der Waals surface area contributed by atoms with E-state index in [0.717, 1.165) is 30.4 Å². The Morgan fingerprint density at radius 3 is 2.74 bits per heavy atom. The van der Waals surface area contributed by atoms with Gasteiger partial charge in [0.1, 0.15) is 0 Å². The predicted octanol–water partition coefficient (Wildman–Crippen LogP) is 6.71. The average molecular weight is 438 g/mol. The number of amides is 1. The average Bonchev–Trinajstić information content (AvgIpc) is 3.20. The molecule has 4 rings (SSSR count). The van der Waals surface area contributed by atoms with E-state index >= 15 is 0 Å². The van der Waals surface area contributed by atoms with Gasteiger partial charge in [0.15, 0.2) is 5.75 Å². The van der Waals surface area contributed by atoms with Crippen LogP contribution in [0.4, 0.5) is 10.5 Å². The SMILES string of the molecule is CCC(CC)N1CC=C(c2c[nH]c3ccc(NC(=O)Oc4ccccc4Cl)cc23)CC1. The van der Waals surface area contributed by atoms with Gasteiger partial charge in [-0.25, -0.2) is 4.79 Å². The van der Waals surface area contributed by atoms with Crippen LogP contribution < -0.4 is 10.1 Å². The molecular weight excluding hydrogens is 410 g/mol. The number of aromatic nitrogens is 1. The summed E-state index contributed by atoms with van der Waals surface area (Å²) in [6.07, 6.45) is 7.24. The van der Waals surface area contributed by atoms with E-state index in [2.05, 4.69) is 41.3 Å². The van der Waals surface area contributed by atoms with Gasteiger partial charge in [-0.05, 0) is 55.2 Å². The van der Waals surface area contributed by atoms with Gasteiger partial charge < -0.3 is 9.72 Å². The Morgan fingerprint density at radius 1 is 1.23 bits per heavy atom. The number of hydrogen-bond donors (Lipinski definition) is 2. The molecule has 0 saturated heterocycles. The van der Waals surface area contributed by atoms with Crippen LogP contribution in [0.1, 0.15) is 38.7 Å². The van der Waals surface area contributed by atoms with E-state index in [9.17, 15) is 4.79 Å². The minimum Gasteiger partial charge on any atom is -0.409 e. The summed E-state index contributed by atoms with van der Waals surface area (Å²) in [6.45, 7) is 6.58. The van der Waals surface area contributed by atoms with Crippen molar-refractivity contribution in [3.63, 3.8) is 0 Å². The Balaban J connectivity index is 1.50. The largest absolute Gasteiger partial charge is 0.417 e. The molecule has 1 aliphatic rings. The molecule has 6 heteroatoms. The summed E-state index contributed by atoms with van der Waals surface area (Å²) in [5, 5.41) is 4.30. The first-order chi connectivity index (χ1) is 15.1. The number of fused-ring (bicyclic) bond motifs is 1. The lowest BCUT2D eigenvalue weighted by atomic mass is 9.97. The zero-order valence-electron chi connectivity index (χ0n) is 18.0. The number of para-hydroxylation sites is 1. The van der Waals surface area contributed by atoms with E-state index in [-0.39, 0.29) is 0 Å². The molecule has 5 nitrogen and oxygen atoms in total. The van der Waals surface area contributed by atoms with Crippen molar-refractivity contribution >= 4 is 39.9 Å². The van der Waals surface area contributed by atoms with Gasteiger partial charge in [0.25, 0.3) is 0 Å². The van der Waals surface area contributed by atoms with E-state index in [4.69, 9.17) is 16.3 Å². The van der Waals surface area contributed by atoms with E-state index in [1.54, 1.807) is 24.3 Å². The van der Waals surface area contributed by atoms with E-state index in [1.807, 2.05) is 18.2 Å². The lowest BCUT2D eigenvalue weighted by Gasteiger charge is -2.33. The third-order valence-corrected chi connectivity index (χ3v) is 6.33. The number of benzene rings is 2. The number of carbonyl (C=O) groups excluding carboxylic acids is 1. The number of carbonyl (C=O) groups is 1. The molecule has 2 aromatic carbocycles. The number of nitrogens with zero attached hydrogens (tertiary/aromatic N) is 1. The van der Waals surface area contributed by atoms with Crippen molar-refractivity contribution in [2.24, 2.45) is 0 Å². The molecule has 2 heterocycles. The summed E-state index contributed by atoms with van der Waals surface area (Å²) < 4.78 is 5.34. The van der Waals surface area contributed by atoms with Crippen molar-refractivity contribution in [2.45, 2.75) is 39.2 Å². The van der Waals surface area contributed by atoms with Gasteiger partial charge >= 0.3 is 6.09 Å². The highest BCUT2D eigenvalue weighted by Gasteiger charge is 2.20. The van der Waals surface area contributed by atoms with Crippen LogP contribution in [0, 0.1) is 0 Å². The quantitative estimate of drug-likeness (QED) is 0.450. The number of H-pyrrole nitrogens is 1. The number of halogens is 1. The van der Waals surface area contributed by atoms with Crippen LogP contribution in [0.25, 0.3) is 16.5 Å². The van der Waals surface area contributed by atoms with Crippen LogP contribution >= 0.6 is 11.6 Å². The van der Waals surface area contributed by atoms with Crippen molar-refractivity contribution in [2.75, 3.05) is 18.4 Å². The fourth-order valence-electron chi connectivity index (χ4n) is 4.30. The molecule has 0 unspecified atom stereocenters. The lowest BCUT2D eigenvalue weighted by molar-refractivity contribution is 0.205. The number of nitrogens with one attached hydrogen (secondary N) is 2. The van der Waals surface area contributed by atoms with E-state index in [0.29, 0.717) is 22.5 Å². The molecule has 1 amide bonds. The highest BCUT2D eigenvalue weighted by atomic mass is 35.5. The summed E-state index contributed by atoms with van der Waals surface area (Å²) in [7, 11) is 0. The van der Waals surface area contributed by atoms with Crippen molar-refractivity contribution < 1.29 is 9.53 Å². The molecule has 0 aliphatic carbocycles. The highest BCUT2D eigenvalue weighted by Crippen LogP contribution is 2.32. The summed E-state index contributed by atoms with van der Waals surface area (Å²) >= 11 is 6.07. The van der Waals surface area contributed by atoms with Gasteiger partial charge in [0.05, 0.1) is 5.02 Å². The molecular formula is C25H28ClN3O2. The zero-order valence-corrected chi connectivity index (χ0v) is 18.7.